The zero-order chi connectivity index (χ0) is 15.1. The van der Waals surface area contributed by atoms with Crippen LogP contribution >= 0.6 is 0 Å². The monoisotopic (exact) mass is 309 g/mol. The lowest BCUT2D eigenvalue weighted by Gasteiger charge is -2.23. The van der Waals surface area contributed by atoms with Crippen LogP contribution in [-0.4, -0.2) is 25.9 Å². The number of benzene rings is 1. The van der Waals surface area contributed by atoms with Gasteiger partial charge in [-0.3, -0.25) is 0 Å². The number of ether oxygens (including phenoxy) is 1. The minimum Gasteiger partial charge on any atom is -0.398 e. The van der Waals surface area contributed by atoms with E-state index in [-0.39, 0.29) is 22.4 Å². The van der Waals surface area contributed by atoms with Crippen molar-refractivity contribution in [2.45, 2.75) is 62.0 Å². The largest absolute Gasteiger partial charge is 0.398 e. The van der Waals surface area contributed by atoms with Gasteiger partial charge in [0, 0.05) is 0 Å². The lowest BCUT2D eigenvalue weighted by molar-refractivity contribution is -0.0272. The van der Waals surface area contributed by atoms with E-state index in [9.17, 15) is 8.42 Å². The molecule has 0 radical (unpaired) electrons. The summed E-state index contributed by atoms with van der Waals surface area (Å²) in [5.41, 5.74) is 7.15. The SMILES string of the molecule is Cc1ccc(S(=O)(=O)CC2CCC3(CCCC3)O2)c(N)c1. The summed E-state index contributed by atoms with van der Waals surface area (Å²) in [6, 6.07) is 5.11. The number of aryl methyl sites for hydroxylation is 1. The van der Waals surface area contributed by atoms with E-state index >= 15 is 0 Å². The molecule has 0 amide bonds. The molecular weight excluding hydrogens is 286 g/mol. The van der Waals surface area contributed by atoms with E-state index in [1.165, 1.54) is 12.8 Å². The van der Waals surface area contributed by atoms with Crippen molar-refractivity contribution < 1.29 is 13.2 Å². The second kappa shape index (κ2) is 5.29. The average Bonchev–Trinajstić information content (AvgIpc) is 2.99. The number of nitrogens with two attached hydrogens (primary N) is 1. The van der Waals surface area contributed by atoms with Crippen molar-refractivity contribution in [3.8, 4) is 0 Å². The van der Waals surface area contributed by atoms with E-state index in [1.807, 2.05) is 6.92 Å². The van der Waals surface area contributed by atoms with E-state index in [0.29, 0.717) is 5.69 Å². The third-order valence-electron chi connectivity index (χ3n) is 4.76. The van der Waals surface area contributed by atoms with Gasteiger partial charge in [-0.15, -0.1) is 0 Å². The van der Waals surface area contributed by atoms with Gasteiger partial charge in [-0.05, 0) is 50.3 Å². The Morgan fingerprint density at radius 2 is 2.00 bits per heavy atom. The summed E-state index contributed by atoms with van der Waals surface area (Å²) in [4.78, 5) is 0.240. The van der Waals surface area contributed by atoms with Crippen molar-refractivity contribution in [3.63, 3.8) is 0 Å². The van der Waals surface area contributed by atoms with Crippen LogP contribution in [0.2, 0.25) is 0 Å². The number of hydrogen-bond donors (Lipinski definition) is 1. The predicted molar refractivity (Wildman–Crippen MR) is 83.0 cm³/mol. The highest BCUT2D eigenvalue weighted by Crippen LogP contribution is 2.43. The minimum atomic E-state index is -3.39. The molecule has 0 aromatic heterocycles. The van der Waals surface area contributed by atoms with Crippen LogP contribution in [-0.2, 0) is 14.6 Å². The molecule has 1 saturated carbocycles. The molecule has 2 aliphatic rings. The molecule has 21 heavy (non-hydrogen) atoms. The lowest BCUT2D eigenvalue weighted by atomic mass is 9.98. The van der Waals surface area contributed by atoms with E-state index in [0.717, 1.165) is 31.2 Å². The Labute approximate surface area is 126 Å². The van der Waals surface area contributed by atoms with Gasteiger partial charge in [0.15, 0.2) is 9.84 Å². The van der Waals surface area contributed by atoms with Gasteiger partial charge in [-0.1, -0.05) is 18.9 Å². The maximum absolute atomic E-state index is 12.6. The molecule has 116 valence electrons. The fourth-order valence-corrected chi connectivity index (χ4v) is 5.28. The third kappa shape index (κ3) is 2.94. The average molecular weight is 309 g/mol. The van der Waals surface area contributed by atoms with Gasteiger partial charge in [0.25, 0.3) is 0 Å². The van der Waals surface area contributed by atoms with Crippen LogP contribution in [0.5, 0.6) is 0 Å². The third-order valence-corrected chi connectivity index (χ3v) is 6.61. The molecule has 1 aromatic rings. The van der Waals surface area contributed by atoms with Crippen molar-refractivity contribution in [1.29, 1.82) is 0 Å². The van der Waals surface area contributed by atoms with Crippen LogP contribution < -0.4 is 5.73 Å². The number of rotatable bonds is 3. The summed E-state index contributed by atoms with van der Waals surface area (Å²) in [7, 11) is -3.39. The molecule has 2 fully saturated rings. The summed E-state index contributed by atoms with van der Waals surface area (Å²) in [6.07, 6.45) is 6.21. The normalized spacial score (nSPS) is 24.7. The highest BCUT2D eigenvalue weighted by molar-refractivity contribution is 7.91. The summed E-state index contributed by atoms with van der Waals surface area (Å²) >= 11 is 0. The van der Waals surface area contributed by atoms with Crippen LogP contribution in [0.15, 0.2) is 23.1 Å². The maximum Gasteiger partial charge on any atom is 0.182 e. The maximum atomic E-state index is 12.6. The van der Waals surface area contributed by atoms with Crippen LogP contribution in [0.1, 0.15) is 44.1 Å². The molecule has 1 atom stereocenters. The molecule has 2 N–H and O–H groups in total. The second-order valence-electron chi connectivity index (χ2n) is 6.49. The molecule has 5 heteroatoms. The Kier molecular flexibility index (Phi) is 3.74. The van der Waals surface area contributed by atoms with Crippen molar-refractivity contribution in [3.05, 3.63) is 23.8 Å². The minimum absolute atomic E-state index is 0.0288. The van der Waals surface area contributed by atoms with Gasteiger partial charge in [0.05, 0.1) is 28.0 Å². The summed E-state index contributed by atoms with van der Waals surface area (Å²) < 4.78 is 31.2. The highest BCUT2D eigenvalue weighted by Gasteiger charge is 2.43. The number of sulfone groups is 1. The molecule has 1 heterocycles. The van der Waals surface area contributed by atoms with Crippen LogP contribution in [0, 0.1) is 6.92 Å². The molecule has 1 unspecified atom stereocenters. The first kappa shape index (κ1) is 14.9. The summed E-state index contributed by atoms with van der Waals surface area (Å²) in [5, 5.41) is 0. The van der Waals surface area contributed by atoms with E-state index in [4.69, 9.17) is 10.5 Å². The zero-order valence-corrected chi connectivity index (χ0v) is 13.3. The molecule has 0 bridgehead atoms. The van der Waals surface area contributed by atoms with Crippen LogP contribution in [0.3, 0.4) is 0 Å². The Morgan fingerprint density at radius 1 is 1.29 bits per heavy atom. The fourth-order valence-electron chi connectivity index (χ4n) is 3.69. The van der Waals surface area contributed by atoms with Gasteiger partial charge in [-0.2, -0.15) is 0 Å². The van der Waals surface area contributed by atoms with Crippen molar-refractivity contribution in [2.24, 2.45) is 0 Å². The predicted octanol–water partition coefficient (Wildman–Crippen LogP) is 2.84. The molecule has 1 spiro atoms. The van der Waals surface area contributed by atoms with E-state index in [1.54, 1.807) is 18.2 Å². The Hall–Kier alpha value is -1.07. The van der Waals surface area contributed by atoms with Gasteiger partial charge in [0.2, 0.25) is 0 Å². The van der Waals surface area contributed by atoms with Gasteiger partial charge in [0.1, 0.15) is 0 Å². The number of nitrogen functional groups attached to an aromatic ring is 1. The Morgan fingerprint density at radius 3 is 2.67 bits per heavy atom. The van der Waals surface area contributed by atoms with Crippen molar-refractivity contribution in [2.75, 3.05) is 11.5 Å². The first-order valence-electron chi connectivity index (χ1n) is 7.67. The summed E-state index contributed by atoms with van der Waals surface area (Å²) in [5.74, 6) is 0.0437. The Balaban J connectivity index is 1.75. The first-order valence-corrected chi connectivity index (χ1v) is 9.32. The second-order valence-corrected chi connectivity index (χ2v) is 8.49. The molecule has 1 saturated heterocycles. The van der Waals surface area contributed by atoms with Crippen molar-refractivity contribution in [1.82, 2.24) is 0 Å². The quantitative estimate of drug-likeness (QED) is 0.872. The number of hydrogen-bond acceptors (Lipinski definition) is 4. The fraction of sp³-hybridized carbons (Fsp3) is 0.625. The molecule has 1 aliphatic heterocycles. The zero-order valence-electron chi connectivity index (χ0n) is 12.5. The standard InChI is InChI=1S/C16H23NO3S/c1-12-4-5-15(14(17)10-12)21(18,19)11-13-6-9-16(20-13)7-2-3-8-16/h4-5,10,13H,2-3,6-9,11,17H2,1H3. The molecule has 4 nitrogen and oxygen atoms in total. The Bertz CT molecular complexity index is 633. The van der Waals surface area contributed by atoms with E-state index in [2.05, 4.69) is 0 Å². The molecule has 1 aromatic carbocycles. The highest BCUT2D eigenvalue weighted by atomic mass is 32.2. The lowest BCUT2D eigenvalue weighted by Crippen LogP contribution is -2.28. The van der Waals surface area contributed by atoms with Gasteiger partial charge in [-0.25, -0.2) is 8.42 Å². The molecule has 1 aliphatic carbocycles. The van der Waals surface area contributed by atoms with Crippen molar-refractivity contribution >= 4 is 15.5 Å². The van der Waals surface area contributed by atoms with Gasteiger partial charge >= 0.3 is 0 Å². The topological polar surface area (TPSA) is 69.4 Å². The first-order chi connectivity index (χ1) is 9.90. The van der Waals surface area contributed by atoms with Crippen LogP contribution in [0.25, 0.3) is 0 Å². The smallest absolute Gasteiger partial charge is 0.182 e. The summed E-state index contributed by atoms with van der Waals surface area (Å²) in [6.45, 7) is 1.90. The van der Waals surface area contributed by atoms with Gasteiger partial charge < -0.3 is 10.5 Å². The molecular formula is C16H23NO3S. The number of anilines is 1. The van der Waals surface area contributed by atoms with Crippen LogP contribution in [0.4, 0.5) is 5.69 Å². The molecule has 3 rings (SSSR count). The van der Waals surface area contributed by atoms with E-state index < -0.39 is 9.84 Å².